The van der Waals surface area contributed by atoms with Crippen LogP contribution in [0, 0.1) is 11.8 Å². The van der Waals surface area contributed by atoms with Crippen molar-refractivity contribution in [3.8, 4) is 11.5 Å². The second kappa shape index (κ2) is 15.2. The highest BCUT2D eigenvalue weighted by Gasteiger charge is 2.55. The first-order chi connectivity index (χ1) is 23.5. The molecule has 15 nitrogen and oxygen atoms in total. The summed E-state index contributed by atoms with van der Waals surface area (Å²) in [5, 5.41) is 20.3. The number of fused-ring (bicyclic) bond motifs is 1. The van der Waals surface area contributed by atoms with E-state index in [2.05, 4.69) is 6.58 Å². The van der Waals surface area contributed by atoms with Crippen LogP contribution >= 0.6 is 0 Å². The van der Waals surface area contributed by atoms with Crippen molar-refractivity contribution in [2.45, 2.75) is 57.3 Å². The van der Waals surface area contributed by atoms with E-state index >= 15 is 0 Å². The number of cyclic esters (lactones) is 1. The molecular weight excluding hydrogens is 648 g/mol. The molecule has 0 unspecified atom stereocenters. The molecule has 3 aliphatic heterocycles. The molecule has 2 saturated heterocycles. The molecule has 0 bridgehead atoms. The molecule has 0 radical (unpaired) electrons. The number of esters is 5. The van der Waals surface area contributed by atoms with Gasteiger partial charge in [0.25, 0.3) is 0 Å². The van der Waals surface area contributed by atoms with Crippen LogP contribution in [-0.4, -0.2) is 90.3 Å². The van der Waals surface area contributed by atoms with Crippen molar-refractivity contribution in [3.63, 3.8) is 0 Å². The number of carbonyl (C=O) groups is 5. The lowest BCUT2D eigenvalue weighted by molar-refractivity contribution is -0.338. The van der Waals surface area contributed by atoms with Crippen LogP contribution in [0.4, 0.5) is 0 Å². The van der Waals surface area contributed by atoms with Gasteiger partial charge in [-0.2, -0.15) is 0 Å². The maximum Gasteiger partial charge on any atom is 0.342 e. The molecule has 0 aromatic heterocycles. The van der Waals surface area contributed by atoms with E-state index in [0.29, 0.717) is 6.42 Å². The number of para-hydroxylation sites is 1. The molecule has 2 aromatic carbocycles. The first-order valence-corrected chi connectivity index (χ1v) is 15.2. The van der Waals surface area contributed by atoms with E-state index in [1.165, 1.54) is 36.6 Å². The molecule has 2 N–H and O–H groups in total. The molecule has 3 heterocycles. The fourth-order valence-electron chi connectivity index (χ4n) is 5.72. The fourth-order valence-corrected chi connectivity index (χ4v) is 5.72. The standard InChI is InChI=1S/C34H34O15/c1-4-20-21-13-14-42-31(40)23(21)15-44-33(20)49-34-29(48-30(39)19-9-6-5-7-10-19)28(45-18(3)36)27(25(46-34)16-43-17(2)35)47-32(41)22-11-8-12-24(37)26(22)38/h4-12,15,20-21,25,27-29,33-34,37-38H,1,13-14,16H2,2-3H3/t20-,21-,25-,27-,28+,29-,33+,34+/m1/s1. The maximum atomic E-state index is 13.4. The monoisotopic (exact) mass is 682 g/mol. The minimum atomic E-state index is -1.66. The zero-order valence-electron chi connectivity index (χ0n) is 26.4. The first-order valence-electron chi connectivity index (χ1n) is 15.2. The van der Waals surface area contributed by atoms with Gasteiger partial charge in [0.2, 0.25) is 12.6 Å². The van der Waals surface area contributed by atoms with Crippen LogP contribution in [-0.2, 0) is 52.3 Å². The third kappa shape index (κ3) is 7.84. The average molecular weight is 683 g/mol. The molecule has 15 heteroatoms. The van der Waals surface area contributed by atoms with Crippen LogP contribution in [0.5, 0.6) is 11.5 Å². The Morgan fingerprint density at radius 3 is 2.33 bits per heavy atom. The number of ether oxygens (including phenoxy) is 8. The molecule has 0 amide bonds. The van der Waals surface area contributed by atoms with Gasteiger partial charge >= 0.3 is 29.8 Å². The van der Waals surface area contributed by atoms with Gasteiger partial charge in [-0.1, -0.05) is 30.3 Å². The molecule has 49 heavy (non-hydrogen) atoms. The molecule has 8 atom stereocenters. The smallest absolute Gasteiger partial charge is 0.342 e. The van der Waals surface area contributed by atoms with Gasteiger partial charge in [-0.05, 0) is 30.7 Å². The summed E-state index contributed by atoms with van der Waals surface area (Å²) in [6.07, 6.45) is -6.03. The highest BCUT2D eigenvalue weighted by atomic mass is 16.8. The Kier molecular flexibility index (Phi) is 10.8. The van der Waals surface area contributed by atoms with Crippen molar-refractivity contribution in [1.82, 2.24) is 0 Å². The first kappa shape index (κ1) is 34.9. The molecule has 3 aliphatic rings. The Bertz CT molecular complexity index is 1620. The minimum absolute atomic E-state index is 0.106. The Labute approximate surface area is 279 Å². The number of benzene rings is 2. The molecule has 0 spiro atoms. The van der Waals surface area contributed by atoms with Crippen LogP contribution in [0.25, 0.3) is 0 Å². The Morgan fingerprint density at radius 1 is 0.898 bits per heavy atom. The van der Waals surface area contributed by atoms with Crippen molar-refractivity contribution < 1.29 is 72.1 Å². The van der Waals surface area contributed by atoms with Crippen molar-refractivity contribution in [1.29, 1.82) is 0 Å². The van der Waals surface area contributed by atoms with Gasteiger partial charge in [0.1, 0.15) is 18.3 Å². The van der Waals surface area contributed by atoms with E-state index < -0.39 is 102 Å². The quantitative estimate of drug-likeness (QED) is 0.160. The van der Waals surface area contributed by atoms with E-state index in [1.54, 1.807) is 18.2 Å². The van der Waals surface area contributed by atoms with Gasteiger partial charge in [-0.3, -0.25) is 9.59 Å². The molecule has 260 valence electrons. The van der Waals surface area contributed by atoms with Gasteiger partial charge in [0.15, 0.2) is 29.8 Å². The van der Waals surface area contributed by atoms with E-state index in [4.69, 9.17) is 37.9 Å². The summed E-state index contributed by atoms with van der Waals surface area (Å²) in [7, 11) is 0. The second-order valence-corrected chi connectivity index (χ2v) is 11.3. The van der Waals surface area contributed by atoms with E-state index in [0.717, 1.165) is 19.9 Å². The van der Waals surface area contributed by atoms with Crippen LogP contribution in [0.15, 0.2) is 73.0 Å². The Morgan fingerprint density at radius 2 is 1.63 bits per heavy atom. The fraction of sp³-hybridized carbons (Fsp3) is 0.382. The zero-order valence-corrected chi connectivity index (χ0v) is 26.4. The van der Waals surface area contributed by atoms with Gasteiger partial charge < -0.3 is 48.1 Å². The van der Waals surface area contributed by atoms with Crippen molar-refractivity contribution >= 4 is 29.8 Å². The summed E-state index contributed by atoms with van der Waals surface area (Å²) in [4.78, 5) is 63.6. The topological polar surface area (TPSA) is 200 Å². The summed E-state index contributed by atoms with van der Waals surface area (Å²) in [6.45, 7) is 5.64. The van der Waals surface area contributed by atoms with Crippen LogP contribution in [0.2, 0.25) is 0 Å². The molecular formula is C34H34O15. The number of phenols is 2. The highest BCUT2D eigenvalue weighted by Crippen LogP contribution is 2.40. The summed E-state index contributed by atoms with van der Waals surface area (Å²) in [6, 6.07) is 11.4. The van der Waals surface area contributed by atoms with Crippen molar-refractivity contribution in [3.05, 3.63) is 84.1 Å². The molecule has 0 saturated carbocycles. The number of phenolic OH excluding ortho intramolecular Hbond substituents is 2. The maximum absolute atomic E-state index is 13.4. The van der Waals surface area contributed by atoms with Gasteiger partial charge in [-0.15, -0.1) is 6.58 Å². The van der Waals surface area contributed by atoms with Gasteiger partial charge in [0, 0.05) is 25.7 Å². The summed E-state index contributed by atoms with van der Waals surface area (Å²) < 4.78 is 45.7. The van der Waals surface area contributed by atoms with E-state index in [1.807, 2.05) is 0 Å². The Balaban J connectivity index is 1.54. The minimum Gasteiger partial charge on any atom is -0.504 e. The number of hydrogen-bond donors (Lipinski definition) is 2. The predicted octanol–water partition coefficient (Wildman–Crippen LogP) is 2.69. The van der Waals surface area contributed by atoms with E-state index in [-0.39, 0.29) is 17.7 Å². The lowest BCUT2D eigenvalue weighted by Gasteiger charge is -2.46. The third-order valence-corrected chi connectivity index (χ3v) is 8.02. The zero-order chi connectivity index (χ0) is 35.2. The molecule has 5 rings (SSSR count). The number of carbonyl (C=O) groups excluding carboxylic acids is 5. The van der Waals surface area contributed by atoms with Gasteiger partial charge in [0.05, 0.1) is 24.0 Å². The van der Waals surface area contributed by atoms with Crippen molar-refractivity contribution in [2.75, 3.05) is 13.2 Å². The number of aromatic hydroxyl groups is 2. The highest BCUT2D eigenvalue weighted by molar-refractivity contribution is 5.93. The molecule has 2 aromatic rings. The Hall–Kier alpha value is -5.41. The number of rotatable bonds is 10. The van der Waals surface area contributed by atoms with Crippen LogP contribution < -0.4 is 0 Å². The SMILES string of the molecule is C=C[C@H]1[C@H](O[C@@H]2O[C@H](COC(C)=O)[C@@H](OC(=O)c3cccc(O)c3O)[C@H](OC(C)=O)[C@H]2OC(=O)c2ccccc2)OC=C2C(=O)OCC[C@@H]21. The molecule has 2 fully saturated rings. The second-order valence-electron chi connectivity index (χ2n) is 11.3. The lowest BCUT2D eigenvalue weighted by Crippen LogP contribution is -2.63. The largest absolute Gasteiger partial charge is 0.504 e. The average Bonchev–Trinajstić information content (AvgIpc) is 3.07. The van der Waals surface area contributed by atoms with Crippen molar-refractivity contribution in [2.24, 2.45) is 11.8 Å². The summed E-state index contributed by atoms with van der Waals surface area (Å²) >= 11 is 0. The number of hydrogen-bond acceptors (Lipinski definition) is 15. The van der Waals surface area contributed by atoms with Crippen LogP contribution in [0.3, 0.4) is 0 Å². The summed E-state index contributed by atoms with van der Waals surface area (Å²) in [5.74, 6) is -6.70. The van der Waals surface area contributed by atoms with Gasteiger partial charge in [-0.25, -0.2) is 14.4 Å². The molecule has 0 aliphatic carbocycles. The van der Waals surface area contributed by atoms with Crippen LogP contribution in [0.1, 0.15) is 41.0 Å². The van der Waals surface area contributed by atoms with E-state index in [9.17, 15) is 34.2 Å². The summed E-state index contributed by atoms with van der Waals surface area (Å²) in [5.41, 5.74) is -0.0726. The lowest BCUT2D eigenvalue weighted by atomic mass is 9.81. The predicted molar refractivity (Wildman–Crippen MR) is 162 cm³/mol. The third-order valence-electron chi connectivity index (χ3n) is 8.02. The normalized spacial score (nSPS) is 27.6.